The summed E-state index contributed by atoms with van der Waals surface area (Å²) in [6, 6.07) is 6.74. The highest BCUT2D eigenvalue weighted by Crippen LogP contribution is 2.22. The second-order valence-corrected chi connectivity index (χ2v) is 4.52. The summed E-state index contributed by atoms with van der Waals surface area (Å²) in [5.74, 6) is 0. The van der Waals surface area contributed by atoms with Crippen molar-refractivity contribution in [3.63, 3.8) is 0 Å². The van der Waals surface area contributed by atoms with Crippen LogP contribution in [-0.4, -0.2) is 17.8 Å². The first-order valence-electron chi connectivity index (χ1n) is 6.03. The Morgan fingerprint density at radius 3 is 2.25 bits per heavy atom. The van der Waals surface area contributed by atoms with Gasteiger partial charge in [-0.25, -0.2) is 0 Å². The fraction of sp³-hybridized carbons (Fsp3) is 0.571. The quantitative estimate of drug-likeness (QED) is 0.801. The van der Waals surface area contributed by atoms with Gasteiger partial charge in [0.25, 0.3) is 0 Å². The molecule has 0 aliphatic carbocycles. The molecular formula is C14H23NO. The molecule has 1 aromatic rings. The van der Waals surface area contributed by atoms with Gasteiger partial charge in [-0.05, 0) is 43.9 Å². The first-order valence-corrected chi connectivity index (χ1v) is 6.03. The Bertz CT molecular complexity index is 315. The van der Waals surface area contributed by atoms with Crippen LogP contribution in [0.1, 0.15) is 43.0 Å². The molecule has 90 valence electrons. The Hall–Kier alpha value is -0.860. The average Bonchev–Trinajstić information content (AvgIpc) is 2.27. The molecule has 1 aromatic carbocycles. The van der Waals surface area contributed by atoms with Gasteiger partial charge in [0.2, 0.25) is 0 Å². The van der Waals surface area contributed by atoms with Crippen LogP contribution in [0.2, 0.25) is 0 Å². The van der Waals surface area contributed by atoms with Gasteiger partial charge in [0.15, 0.2) is 0 Å². The molecule has 16 heavy (non-hydrogen) atoms. The standard InChI is InChI=1S/C14H23NO/c1-5-12(4)15-13(9-16)14-10(2)7-6-8-11(14)3/h6-8,12-13,15-16H,5,9H2,1-4H3. The van der Waals surface area contributed by atoms with E-state index in [0.29, 0.717) is 6.04 Å². The fourth-order valence-corrected chi connectivity index (χ4v) is 2.07. The summed E-state index contributed by atoms with van der Waals surface area (Å²) in [6.45, 7) is 8.65. The molecule has 2 unspecified atom stereocenters. The summed E-state index contributed by atoms with van der Waals surface area (Å²) < 4.78 is 0. The van der Waals surface area contributed by atoms with Crippen molar-refractivity contribution in [1.82, 2.24) is 5.32 Å². The normalized spacial score (nSPS) is 14.8. The predicted octanol–water partition coefficient (Wildman–Crippen LogP) is 2.72. The highest BCUT2D eigenvalue weighted by Gasteiger charge is 2.16. The van der Waals surface area contributed by atoms with Crippen molar-refractivity contribution in [1.29, 1.82) is 0 Å². The first-order chi connectivity index (χ1) is 7.60. The van der Waals surface area contributed by atoms with Crippen molar-refractivity contribution < 1.29 is 5.11 Å². The third-order valence-corrected chi connectivity index (χ3v) is 3.17. The maximum absolute atomic E-state index is 9.51. The van der Waals surface area contributed by atoms with Crippen LogP contribution in [-0.2, 0) is 0 Å². The molecular weight excluding hydrogens is 198 g/mol. The van der Waals surface area contributed by atoms with E-state index in [1.54, 1.807) is 0 Å². The van der Waals surface area contributed by atoms with Crippen molar-refractivity contribution in [2.24, 2.45) is 0 Å². The Morgan fingerprint density at radius 2 is 1.81 bits per heavy atom. The van der Waals surface area contributed by atoms with Crippen molar-refractivity contribution in [3.8, 4) is 0 Å². The average molecular weight is 221 g/mol. The molecule has 2 atom stereocenters. The lowest BCUT2D eigenvalue weighted by Gasteiger charge is -2.24. The van der Waals surface area contributed by atoms with Crippen molar-refractivity contribution in [2.45, 2.75) is 46.2 Å². The van der Waals surface area contributed by atoms with Crippen LogP contribution in [0.4, 0.5) is 0 Å². The second-order valence-electron chi connectivity index (χ2n) is 4.52. The van der Waals surface area contributed by atoms with E-state index < -0.39 is 0 Å². The SMILES string of the molecule is CCC(C)NC(CO)c1c(C)cccc1C. The van der Waals surface area contributed by atoms with Crippen LogP contribution in [0, 0.1) is 13.8 Å². The largest absolute Gasteiger partial charge is 0.394 e. The van der Waals surface area contributed by atoms with Gasteiger partial charge in [-0.2, -0.15) is 0 Å². The van der Waals surface area contributed by atoms with Crippen molar-refractivity contribution in [2.75, 3.05) is 6.61 Å². The zero-order valence-corrected chi connectivity index (χ0v) is 10.7. The van der Waals surface area contributed by atoms with E-state index in [2.05, 4.69) is 51.2 Å². The molecule has 0 fully saturated rings. The highest BCUT2D eigenvalue weighted by atomic mass is 16.3. The third kappa shape index (κ3) is 3.06. The number of aryl methyl sites for hydroxylation is 2. The minimum atomic E-state index is 0.0520. The Kier molecular flexibility index (Phi) is 4.97. The Balaban J connectivity index is 2.94. The van der Waals surface area contributed by atoms with E-state index in [9.17, 15) is 5.11 Å². The Labute approximate surface area is 98.7 Å². The lowest BCUT2D eigenvalue weighted by atomic mass is 9.96. The third-order valence-electron chi connectivity index (χ3n) is 3.17. The molecule has 2 nitrogen and oxygen atoms in total. The minimum absolute atomic E-state index is 0.0520. The van der Waals surface area contributed by atoms with Gasteiger partial charge in [-0.3, -0.25) is 0 Å². The second kappa shape index (κ2) is 6.02. The molecule has 0 heterocycles. The van der Waals surface area contributed by atoms with Crippen molar-refractivity contribution in [3.05, 3.63) is 34.9 Å². The van der Waals surface area contributed by atoms with E-state index in [0.717, 1.165) is 6.42 Å². The number of hydrogen-bond donors (Lipinski definition) is 2. The van der Waals surface area contributed by atoms with Crippen LogP contribution in [0.15, 0.2) is 18.2 Å². The summed E-state index contributed by atoms with van der Waals surface area (Å²) in [5, 5.41) is 13.0. The van der Waals surface area contributed by atoms with E-state index in [1.807, 2.05) is 0 Å². The molecule has 0 saturated heterocycles. The summed E-state index contributed by atoms with van der Waals surface area (Å²) in [5.41, 5.74) is 3.73. The van der Waals surface area contributed by atoms with Crippen LogP contribution in [0.5, 0.6) is 0 Å². The van der Waals surface area contributed by atoms with Gasteiger partial charge in [-0.15, -0.1) is 0 Å². The van der Waals surface area contributed by atoms with Gasteiger partial charge in [0, 0.05) is 6.04 Å². The zero-order chi connectivity index (χ0) is 12.1. The maximum atomic E-state index is 9.51. The maximum Gasteiger partial charge on any atom is 0.0626 e. The first kappa shape index (κ1) is 13.2. The molecule has 0 radical (unpaired) electrons. The molecule has 2 heteroatoms. The molecule has 2 N–H and O–H groups in total. The van der Waals surface area contributed by atoms with Gasteiger partial charge in [0.1, 0.15) is 0 Å². The lowest BCUT2D eigenvalue weighted by Crippen LogP contribution is -2.33. The lowest BCUT2D eigenvalue weighted by molar-refractivity contribution is 0.233. The number of aliphatic hydroxyl groups is 1. The molecule has 0 aliphatic heterocycles. The molecule has 0 bridgehead atoms. The predicted molar refractivity (Wildman–Crippen MR) is 68.6 cm³/mol. The summed E-state index contributed by atoms with van der Waals surface area (Å²) >= 11 is 0. The summed E-state index contributed by atoms with van der Waals surface area (Å²) in [6.07, 6.45) is 1.07. The smallest absolute Gasteiger partial charge is 0.0626 e. The molecule has 1 rings (SSSR count). The number of hydrogen-bond acceptors (Lipinski definition) is 2. The number of rotatable bonds is 5. The number of benzene rings is 1. The topological polar surface area (TPSA) is 32.3 Å². The van der Waals surface area contributed by atoms with E-state index in [-0.39, 0.29) is 12.6 Å². The van der Waals surface area contributed by atoms with Gasteiger partial charge >= 0.3 is 0 Å². The number of nitrogens with one attached hydrogen (secondary N) is 1. The van der Waals surface area contributed by atoms with Crippen molar-refractivity contribution >= 4 is 0 Å². The zero-order valence-electron chi connectivity index (χ0n) is 10.7. The van der Waals surface area contributed by atoms with E-state index >= 15 is 0 Å². The van der Waals surface area contributed by atoms with Crippen LogP contribution >= 0.6 is 0 Å². The van der Waals surface area contributed by atoms with Crippen LogP contribution in [0.3, 0.4) is 0 Å². The Morgan fingerprint density at radius 1 is 1.25 bits per heavy atom. The van der Waals surface area contributed by atoms with Crippen LogP contribution in [0.25, 0.3) is 0 Å². The fourth-order valence-electron chi connectivity index (χ4n) is 2.07. The highest BCUT2D eigenvalue weighted by molar-refractivity contribution is 5.36. The van der Waals surface area contributed by atoms with E-state index in [4.69, 9.17) is 0 Å². The minimum Gasteiger partial charge on any atom is -0.394 e. The summed E-state index contributed by atoms with van der Waals surface area (Å²) in [4.78, 5) is 0. The molecule has 0 spiro atoms. The molecule has 0 aliphatic rings. The molecule has 0 aromatic heterocycles. The van der Waals surface area contributed by atoms with Gasteiger partial charge in [-0.1, -0.05) is 25.1 Å². The molecule has 0 saturated carbocycles. The monoisotopic (exact) mass is 221 g/mol. The van der Waals surface area contributed by atoms with Crippen LogP contribution < -0.4 is 5.32 Å². The molecule has 0 amide bonds. The summed E-state index contributed by atoms with van der Waals surface area (Å²) in [7, 11) is 0. The number of aliphatic hydroxyl groups excluding tert-OH is 1. The van der Waals surface area contributed by atoms with Gasteiger partial charge in [0.05, 0.1) is 12.6 Å². The van der Waals surface area contributed by atoms with Gasteiger partial charge < -0.3 is 10.4 Å². The van der Waals surface area contributed by atoms with E-state index in [1.165, 1.54) is 16.7 Å².